The summed E-state index contributed by atoms with van der Waals surface area (Å²) in [6.45, 7) is 8.19. The highest BCUT2D eigenvalue weighted by Crippen LogP contribution is 2.44. The monoisotopic (exact) mass is 198 g/mol. The molecular weight excluding hydrogens is 172 g/mol. The Hall–Kier alpha value is -0.0800. The maximum atomic E-state index is 3.59. The molecule has 0 aromatic carbocycles. The first-order chi connectivity index (χ1) is 6.68. The molecule has 0 spiro atoms. The number of hydrogen-bond donors (Lipinski definition) is 2. The molecule has 1 fully saturated rings. The molecule has 1 aliphatic rings. The molecule has 14 heavy (non-hydrogen) atoms. The summed E-state index contributed by atoms with van der Waals surface area (Å²) in [6.07, 6.45) is 5.50. The van der Waals surface area contributed by atoms with E-state index in [1.807, 2.05) is 0 Å². The third-order valence-electron chi connectivity index (χ3n) is 3.14. The van der Waals surface area contributed by atoms with Crippen LogP contribution in [0.25, 0.3) is 0 Å². The fourth-order valence-electron chi connectivity index (χ4n) is 1.96. The lowest BCUT2D eigenvalue weighted by atomic mass is 10.1. The molecule has 1 aliphatic carbocycles. The molecule has 84 valence electrons. The largest absolute Gasteiger partial charge is 0.319 e. The van der Waals surface area contributed by atoms with E-state index in [1.54, 1.807) is 0 Å². The van der Waals surface area contributed by atoms with Crippen molar-refractivity contribution in [2.45, 2.75) is 39.5 Å². The first-order valence-corrected chi connectivity index (χ1v) is 6.04. The molecule has 1 saturated carbocycles. The Morgan fingerprint density at radius 1 is 1.21 bits per heavy atom. The van der Waals surface area contributed by atoms with Gasteiger partial charge < -0.3 is 10.6 Å². The van der Waals surface area contributed by atoms with Crippen LogP contribution in [-0.4, -0.2) is 26.7 Å². The van der Waals surface area contributed by atoms with Crippen molar-refractivity contribution in [3.63, 3.8) is 0 Å². The minimum absolute atomic E-state index is 0.618. The van der Waals surface area contributed by atoms with Gasteiger partial charge in [-0.25, -0.2) is 0 Å². The van der Waals surface area contributed by atoms with Crippen LogP contribution < -0.4 is 10.6 Å². The Labute approximate surface area is 88.8 Å². The molecule has 2 nitrogen and oxygen atoms in total. The van der Waals surface area contributed by atoms with E-state index in [2.05, 4.69) is 31.5 Å². The van der Waals surface area contributed by atoms with Crippen LogP contribution in [0.1, 0.15) is 39.5 Å². The highest BCUT2D eigenvalue weighted by atomic mass is 14.9. The van der Waals surface area contributed by atoms with Gasteiger partial charge in [-0.15, -0.1) is 0 Å². The zero-order valence-electron chi connectivity index (χ0n) is 10.0. The van der Waals surface area contributed by atoms with Crippen LogP contribution in [0.4, 0.5) is 0 Å². The molecule has 0 atom stereocenters. The zero-order valence-corrected chi connectivity index (χ0v) is 10.0. The van der Waals surface area contributed by atoms with E-state index in [0.717, 1.165) is 5.92 Å². The first kappa shape index (κ1) is 12.0. The van der Waals surface area contributed by atoms with Crippen molar-refractivity contribution < 1.29 is 0 Å². The summed E-state index contributed by atoms with van der Waals surface area (Å²) in [7, 11) is 2.05. The highest BCUT2D eigenvalue weighted by Gasteiger charge is 2.41. The Kier molecular flexibility index (Phi) is 4.90. The summed E-state index contributed by atoms with van der Waals surface area (Å²) in [5.74, 6) is 0.851. The van der Waals surface area contributed by atoms with Gasteiger partial charge >= 0.3 is 0 Å². The van der Waals surface area contributed by atoms with Gasteiger partial charge in [0.15, 0.2) is 0 Å². The third kappa shape index (κ3) is 4.43. The normalized spacial score (nSPS) is 18.9. The average molecular weight is 198 g/mol. The van der Waals surface area contributed by atoms with Crippen molar-refractivity contribution in [3.8, 4) is 0 Å². The molecule has 0 amide bonds. The second-order valence-electron chi connectivity index (χ2n) is 5.24. The van der Waals surface area contributed by atoms with E-state index < -0.39 is 0 Å². The van der Waals surface area contributed by atoms with Crippen LogP contribution in [0.2, 0.25) is 0 Å². The number of hydrogen-bond acceptors (Lipinski definition) is 2. The van der Waals surface area contributed by atoms with E-state index in [4.69, 9.17) is 0 Å². The molecule has 0 aromatic rings. The average Bonchev–Trinajstić information content (AvgIpc) is 2.85. The van der Waals surface area contributed by atoms with Crippen molar-refractivity contribution in [1.82, 2.24) is 10.6 Å². The standard InChI is InChI=1S/C12H26N2/c1-11(2)5-4-8-14-10-12(6-7-12)9-13-3/h11,13-14H,4-10H2,1-3H3. The van der Waals surface area contributed by atoms with E-state index in [1.165, 1.54) is 45.3 Å². The molecule has 1 rings (SSSR count). The van der Waals surface area contributed by atoms with Gasteiger partial charge in [0, 0.05) is 13.1 Å². The van der Waals surface area contributed by atoms with Crippen molar-refractivity contribution in [2.75, 3.05) is 26.7 Å². The summed E-state index contributed by atoms with van der Waals surface area (Å²) in [5, 5.41) is 6.88. The van der Waals surface area contributed by atoms with Gasteiger partial charge in [0.1, 0.15) is 0 Å². The summed E-state index contributed by atoms with van der Waals surface area (Å²) in [5.41, 5.74) is 0.618. The fourth-order valence-corrected chi connectivity index (χ4v) is 1.96. The van der Waals surface area contributed by atoms with Gasteiger partial charge in [0.2, 0.25) is 0 Å². The summed E-state index contributed by atoms with van der Waals surface area (Å²) >= 11 is 0. The van der Waals surface area contributed by atoms with Crippen molar-refractivity contribution in [2.24, 2.45) is 11.3 Å². The second kappa shape index (κ2) is 5.72. The van der Waals surface area contributed by atoms with Crippen LogP contribution in [0.5, 0.6) is 0 Å². The molecule has 0 radical (unpaired) electrons. The van der Waals surface area contributed by atoms with E-state index in [-0.39, 0.29) is 0 Å². The van der Waals surface area contributed by atoms with Gasteiger partial charge in [-0.3, -0.25) is 0 Å². The van der Waals surface area contributed by atoms with Gasteiger partial charge in [0.05, 0.1) is 0 Å². The Morgan fingerprint density at radius 3 is 2.43 bits per heavy atom. The van der Waals surface area contributed by atoms with E-state index in [9.17, 15) is 0 Å². The molecular formula is C12H26N2. The molecule has 0 heterocycles. The molecule has 2 heteroatoms. The maximum absolute atomic E-state index is 3.59. The number of rotatable bonds is 8. The maximum Gasteiger partial charge on any atom is 0.00200 e. The summed E-state index contributed by atoms with van der Waals surface area (Å²) in [4.78, 5) is 0. The minimum atomic E-state index is 0.618. The Morgan fingerprint density at radius 2 is 1.93 bits per heavy atom. The first-order valence-electron chi connectivity index (χ1n) is 6.04. The van der Waals surface area contributed by atoms with Gasteiger partial charge in [-0.1, -0.05) is 13.8 Å². The highest BCUT2D eigenvalue weighted by molar-refractivity contribution is 4.96. The summed E-state index contributed by atoms with van der Waals surface area (Å²) < 4.78 is 0. The lowest BCUT2D eigenvalue weighted by Crippen LogP contribution is -2.31. The molecule has 0 aromatic heterocycles. The fraction of sp³-hybridized carbons (Fsp3) is 1.00. The van der Waals surface area contributed by atoms with Crippen LogP contribution >= 0.6 is 0 Å². The van der Waals surface area contributed by atoms with Crippen LogP contribution in [-0.2, 0) is 0 Å². The van der Waals surface area contributed by atoms with Crippen LogP contribution in [0, 0.1) is 11.3 Å². The second-order valence-corrected chi connectivity index (χ2v) is 5.24. The Bertz CT molecular complexity index is 150. The molecule has 0 aliphatic heterocycles. The third-order valence-corrected chi connectivity index (χ3v) is 3.14. The SMILES string of the molecule is CNCC1(CNCCCC(C)C)CC1. The quantitative estimate of drug-likeness (QED) is 0.583. The summed E-state index contributed by atoms with van der Waals surface area (Å²) in [6, 6.07) is 0. The molecule has 0 bridgehead atoms. The van der Waals surface area contributed by atoms with Crippen molar-refractivity contribution in [1.29, 1.82) is 0 Å². The van der Waals surface area contributed by atoms with Crippen molar-refractivity contribution >= 4 is 0 Å². The molecule has 0 unspecified atom stereocenters. The van der Waals surface area contributed by atoms with Crippen LogP contribution in [0.3, 0.4) is 0 Å². The van der Waals surface area contributed by atoms with Gasteiger partial charge in [-0.2, -0.15) is 0 Å². The smallest absolute Gasteiger partial charge is 0.00200 e. The lowest BCUT2D eigenvalue weighted by molar-refractivity contribution is 0.428. The predicted molar refractivity (Wildman–Crippen MR) is 62.5 cm³/mol. The van der Waals surface area contributed by atoms with Gasteiger partial charge in [0.25, 0.3) is 0 Å². The minimum Gasteiger partial charge on any atom is -0.319 e. The number of nitrogens with one attached hydrogen (secondary N) is 2. The predicted octanol–water partition coefficient (Wildman–Crippen LogP) is 2.01. The van der Waals surface area contributed by atoms with E-state index in [0.29, 0.717) is 5.41 Å². The molecule has 0 saturated heterocycles. The van der Waals surface area contributed by atoms with Gasteiger partial charge in [-0.05, 0) is 50.6 Å². The van der Waals surface area contributed by atoms with Crippen molar-refractivity contribution in [3.05, 3.63) is 0 Å². The Balaban J connectivity index is 1.93. The lowest BCUT2D eigenvalue weighted by Gasteiger charge is -2.15. The van der Waals surface area contributed by atoms with Crippen LogP contribution in [0.15, 0.2) is 0 Å². The zero-order chi connectivity index (χ0) is 10.4. The topological polar surface area (TPSA) is 24.1 Å². The molecule has 2 N–H and O–H groups in total. The van der Waals surface area contributed by atoms with E-state index >= 15 is 0 Å².